The van der Waals surface area contributed by atoms with E-state index in [9.17, 15) is 14.4 Å². The minimum atomic E-state index is -0.867. The lowest BCUT2D eigenvalue weighted by Crippen LogP contribution is -2.71. The summed E-state index contributed by atoms with van der Waals surface area (Å²) in [7, 11) is 0. The van der Waals surface area contributed by atoms with Crippen molar-refractivity contribution in [1.82, 2.24) is 10.2 Å². The Balaban J connectivity index is 1.41. The zero-order valence-electron chi connectivity index (χ0n) is 17.4. The summed E-state index contributed by atoms with van der Waals surface area (Å²) in [4.78, 5) is 39.9. The van der Waals surface area contributed by atoms with E-state index in [0.717, 1.165) is 5.56 Å². The molecule has 31 heavy (non-hydrogen) atoms. The smallest absolute Gasteiger partial charge is 0.330 e. The number of nitrogens with zero attached hydrogens (tertiary/aromatic N) is 1. The molecule has 0 unspecified atom stereocenters. The molecule has 4 atom stereocenters. The number of benzene rings is 2. The molecule has 3 N–H and O–H groups in total. The predicted molar refractivity (Wildman–Crippen MR) is 118 cm³/mol. The van der Waals surface area contributed by atoms with Gasteiger partial charge < -0.3 is 20.7 Å². The molecule has 2 amide bonds. The lowest BCUT2D eigenvalue weighted by molar-refractivity contribution is -0.165. The Bertz CT molecular complexity index is 983. The second-order valence-electron chi connectivity index (χ2n) is 8.23. The molecule has 2 aliphatic heterocycles. The highest BCUT2D eigenvalue weighted by Gasteiger charge is 2.64. The van der Waals surface area contributed by atoms with Gasteiger partial charge in [0.25, 0.3) is 0 Å². The van der Waals surface area contributed by atoms with E-state index in [4.69, 9.17) is 10.5 Å². The monoisotopic (exact) mass is 439 g/mol. The number of ether oxygens (including phenoxy) is 1. The molecule has 0 bridgehead atoms. The van der Waals surface area contributed by atoms with Crippen LogP contribution in [0, 0.1) is 0 Å². The van der Waals surface area contributed by atoms with Crippen LogP contribution in [0.2, 0.25) is 0 Å². The average Bonchev–Trinajstić information content (AvgIpc) is 3.04. The van der Waals surface area contributed by atoms with Crippen molar-refractivity contribution in [3.63, 3.8) is 0 Å². The highest BCUT2D eigenvalue weighted by Crippen LogP contribution is 2.51. The van der Waals surface area contributed by atoms with Crippen molar-refractivity contribution in [1.29, 1.82) is 0 Å². The summed E-state index contributed by atoms with van der Waals surface area (Å²) >= 11 is 1.49. The third-order valence-corrected chi connectivity index (χ3v) is 7.20. The quantitative estimate of drug-likeness (QED) is 0.527. The number of carbonyl (C=O) groups is 3. The zero-order valence-corrected chi connectivity index (χ0v) is 18.2. The molecule has 2 heterocycles. The number of hydrogen-bond acceptors (Lipinski definition) is 6. The van der Waals surface area contributed by atoms with Gasteiger partial charge >= 0.3 is 5.97 Å². The number of hydrogen-bond donors (Lipinski definition) is 2. The number of β-lactam (4-membered cyclic amide) rings is 1. The van der Waals surface area contributed by atoms with Gasteiger partial charge in [-0.1, -0.05) is 60.7 Å². The van der Waals surface area contributed by atoms with Crippen molar-refractivity contribution < 1.29 is 19.1 Å². The second-order valence-corrected chi connectivity index (χ2v) is 10.00. The summed E-state index contributed by atoms with van der Waals surface area (Å²) in [5.41, 5.74) is 7.61. The van der Waals surface area contributed by atoms with Crippen molar-refractivity contribution in [2.75, 3.05) is 0 Å². The largest absolute Gasteiger partial charge is 0.459 e. The first-order valence-electron chi connectivity index (χ1n) is 10.1. The maximum Gasteiger partial charge on any atom is 0.330 e. The Kier molecular flexibility index (Phi) is 5.77. The molecule has 2 aromatic carbocycles. The normalized spacial score (nSPS) is 24.7. The van der Waals surface area contributed by atoms with Crippen LogP contribution in [-0.2, 0) is 25.7 Å². The fraction of sp³-hybridized carbons (Fsp3) is 0.348. The standard InChI is InChI=1S/C23H25N3O4S/c1-23(2)18(22(29)30-13-14-9-5-3-6-10-14)26-20(28)17(21(26)31-23)25-19(27)16(24)15-11-7-4-8-12-15/h3-12,16-18,21H,13,24H2,1-2H3,(H,25,27)/t16-,17-,18+,21-/m1/s1. The van der Waals surface area contributed by atoms with Crippen LogP contribution in [0.1, 0.15) is 31.0 Å². The van der Waals surface area contributed by atoms with Crippen molar-refractivity contribution >= 4 is 29.5 Å². The van der Waals surface area contributed by atoms with Crippen LogP contribution in [0.4, 0.5) is 0 Å². The van der Waals surface area contributed by atoms with Crippen LogP contribution < -0.4 is 11.1 Å². The molecule has 2 aromatic rings. The van der Waals surface area contributed by atoms with Crippen LogP contribution in [0.5, 0.6) is 0 Å². The van der Waals surface area contributed by atoms with Crippen LogP contribution in [0.3, 0.4) is 0 Å². The molecule has 8 heteroatoms. The molecule has 2 saturated heterocycles. The molecule has 7 nitrogen and oxygen atoms in total. The second kappa shape index (κ2) is 8.36. The van der Waals surface area contributed by atoms with Crippen molar-refractivity contribution in [3.05, 3.63) is 71.8 Å². The lowest BCUT2D eigenvalue weighted by atomic mass is 9.95. The predicted octanol–water partition coefficient (Wildman–Crippen LogP) is 1.98. The SMILES string of the molecule is CC1(C)S[C@@H]2[C@H](NC(=O)[C@H](N)c3ccccc3)C(=O)N2[C@H]1C(=O)OCc1ccccc1. The van der Waals surface area contributed by atoms with Crippen molar-refractivity contribution in [3.8, 4) is 0 Å². The molecule has 0 spiro atoms. The van der Waals surface area contributed by atoms with E-state index in [-0.39, 0.29) is 17.9 Å². The molecule has 162 valence electrons. The third-order valence-electron chi connectivity index (χ3n) is 5.63. The lowest BCUT2D eigenvalue weighted by Gasteiger charge is -2.44. The zero-order chi connectivity index (χ0) is 22.2. The Morgan fingerprint density at radius 3 is 2.39 bits per heavy atom. The maximum absolute atomic E-state index is 12.9. The summed E-state index contributed by atoms with van der Waals surface area (Å²) in [6.07, 6.45) is 0. The fourth-order valence-corrected chi connectivity index (χ4v) is 5.61. The number of amides is 2. The summed E-state index contributed by atoms with van der Waals surface area (Å²) in [6.45, 7) is 3.97. The van der Waals surface area contributed by atoms with Gasteiger partial charge in [0.15, 0.2) is 0 Å². The molecular weight excluding hydrogens is 414 g/mol. The average molecular weight is 440 g/mol. The minimum absolute atomic E-state index is 0.149. The van der Waals surface area contributed by atoms with Crippen LogP contribution in [-0.4, -0.2) is 44.9 Å². The van der Waals surface area contributed by atoms with Crippen molar-refractivity contribution in [2.24, 2.45) is 5.73 Å². The van der Waals surface area contributed by atoms with E-state index in [1.807, 2.05) is 50.2 Å². The summed E-state index contributed by atoms with van der Waals surface area (Å²) in [5.74, 6) is -1.15. The van der Waals surface area contributed by atoms with Gasteiger partial charge in [-0.25, -0.2) is 4.79 Å². The van der Waals surface area contributed by atoms with E-state index >= 15 is 0 Å². The number of nitrogens with two attached hydrogens (primary N) is 1. The fourth-order valence-electron chi connectivity index (χ4n) is 3.99. The Labute approximate surface area is 185 Å². The van der Waals surface area contributed by atoms with E-state index in [2.05, 4.69) is 5.32 Å². The molecule has 0 saturated carbocycles. The van der Waals surface area contributed by atoms with E-state index in [1.54, 1.807) is 24.3 Å². The summed E-state index contributed by atoms with van der Waals surface area (Å²) in [5, 5.41) is 2.43. The number of carbonyl (C=O) groups excluding carboxylic acids is 3. The van der Waals surface area contributed by atoms with Gasteiger partial charge in [0.05, 0.1) is 0 Å². The van der Waals surface area contributed by atoms with Gasteiger partial charge in [0.1, 0.15) is 30.1 Å². The first-order chi connectivity index (χ1) is 14.8. The molecular formula is C23H25N3O4S. The van der Waals surface area contributed by atoms with Gasteiger partial charge in [0, 0.05) is 4.75 Å². The van der Waals surface area contributed by atoms with E-state index in [0.29, 0.717) is 5.56 Å². The number of nitrogens with one attached hydrogen (secondary N) is 1. The summed E-state index contributed by atoms with van der Waals surface area (Å²) < 4.78 is 4.96. The van der Waals surface area contributed by atoms with Crippen LogP contribution in [0.25, 0.3) is 0 Å². The van der Waals surface area contributed by atoms with Gasteiger partial charge in [0.2, 0.25) is 11.8 Å². The first kappa shape index (κ1) is 21.4. The summed E-state index contributed by atoms with van der Waals surface area (Å²) in [6, 6.07) is 16.1. The van der Waals surface area contributed by atoms with Crippen LogP contribution >= 0.6 is 11.8 Å². The van der Waals surface area contributed by atoms with E-state index < -0.39 is 34.7 Å². The molecule has 0 radical (unpaired) electrons. The molecule has 2 fully saturated rings. The highest BCUT2D eigenvalue weighted by atomic mass is 32.2. The minimum Gasteiger partial charge on any atom is -0.459 e. The highest BCUT2D eigenvalue weighted by molar-refractivity contribution is 8.01. The Morgan fingerprint density at radius 1 is 1.13 bits per heavy atom. The first-order valence-corrected chi connectivity index (χ1v) is 11.0. The Morgan fingerprint density at radius 2 is 1.74 bits per heavy atom. The van der Waals surface area contributed by atoms with Crippen LogP contribution in [0.15, 0.2) is 60.7 Å². The van der Waals surface area contributed by atoms with Gasteiger partial charge in [-0.05, 0) is 25.0 Å². The van der Waals surface area contributed by atoms with E-state index in [1.165, 1.54) is 16.7 Å². The third kappa shape index (κ3) is 4.05. The maximum atomic E-state index is 12.9. The van der Waals surface area contributed by atoms with Gasteiger partial charge in [-0.15, -0.1) is 11.8 Å². The van der Waals surface area contributed by atoms with Crippen molar-refractivity contribution in [2.45, 2.75) is 48.7 Å². The molecule has 4 rings (SSSR count). The molecule has 0 aliphatic carbocycles. The van der Waals surface area contributed by atoms with Gasteiger partial charge in [-0.3, -0.25) is 9.59 Å². The number of rotatable bonds is 6. The number of esters is 1. The molecule has 2 aliphatic rings. The Hall–Kier alpha value is -2.84. The topological polar surface area (TPSA) is 102 Å². The number of thioether (sulfide) groups is 1. The molecule has 0 aromatic heterocycles. The number of fused-ring (bicyclic) bond motifs is 1. The van der Waals surface area contributed by atoms with Gasteiger partial charge in [-0.2, -0.15) is 0 Å².